The summed E-state index contributed by atoms with van der Waals surface area (Å²) in [7, 11) is 1.36. The molecule has 0 saturated heterocycles. The van der Waals surface area contributed by atoms with Crippen molar-refractivity contribution in [1.29, 1.82) is 0 Å². The summed E-state index contributed by atoms with van der Waals surface area (Å²) in [6.07, 6.45) is 3.22. The number of nitrogens with one attached hydrogen (secondary N) is 1. The van der Waals surface area contributed by atoms with Crippen LogP contribution in [0.4, 0.5) is 5.82 Å². The number of esters is 1. The van der Waals surface area contributed by atoms with Crippen LogP contribution in [0.3, 0.4) is 0 Å². The number of anilines is 1. The summed E-state index contributed by atoms with van der Waals surface area (Å²) in [5.41, 5.74) is 0.958. The highest BCUT2D eigenvalue weighted by atomic mass is 79.9. The minimum absolute atomic E-state index is 0.202. The van der Waals surface area contributed by atoms with Crippen molar-refractivity contribution in [1.82, 2.24) is 9.97 Å². The summed E-state index contributed by atoms with van der Waals surface area (Å²) in [5, 5.41) is 4.48. The molecule has 5 nitrogen and oxygen atoms in total. The van der Waals surface area contributed by atoms with Crippen molar-refractivity contribution in [2.75, 3.05) is 18.2 Å². The molecule has 22 heavy (non-hydrogen) atoms. The van der Waals surface area contributed by atoms with Gasteiger partial charge in [-0.1, -0.05) is 45.4 Å². The standard InChI is InChI=1S/C14H13BrClN3O2S/c1-21-14(20)8-22-13-7-17-6-12(19-13)18-5-9-2-3-10(15)4-11(9)16/h2-4,6-7H,5,8H2,1H3,(H,18,19). The van der Waals surface area contributed by atoms with Gasteiger partial charge in [0.25, 0.3) is 0 Å². The van der Waals surface area contributed by atoms with Gasteiger partial charge in [-0.05, 0) is 17.7 Å². The second-order valence-electron chi connectivity index (χ2n) is 4.20. The average molecular weight is 403 g/mol. The molecule has 2 rings (SSSR count). The van der Waals surface area contributed by atoms with E-state index in [1.807, 2.05) is 18.2 Å². The monoisotopic (exact) mass is 401 g/mol. The number of carbonyl (C=O) groups excluding carboxylic acids is 1. The highest BCUT2D eigenvalue weighted by Gasteiger charge is 2.06. The lowest BCUT2D eigenvalue weighted by molar-refractivity contribution is -0.137. The number of hydrogen-bond acceptors (Lipinski definition) is 6. The number of ether oxygens (including phenoxy) is 1. The van der Waals surface area contributed by atoms with E-state index in [-0.39, 0.29) is 11.7 Å². The fourth-order valence-corrected chi connectivity index (χ4v) is 2.97. The quantitative estimate of drug-likeness (QED) is 0.586. The summed E-state index contributed by atoms with van der Waals surface area (Å²) in [6.45, 7) is 0.534. The molecule has 0 atom stereocenters. The first-order chi connectivity index (χ1) is 10.6. The summed E-state index contributed by atoms with van der Waals surface area (Å²) >= 11 is 10.8. The number of aromatic nitrogens is 2. The van der Waals surface area contributed by atoms with Crippen LogP contribution in [0.5, 0.6) is 0 Å². The maximum absolute atomic E-state index is 11.1. The van der Waals surface area contributed by atoms with Gasteiger partial charge in [-0.3, -0.25) is 9.78 Å². The lowest BCUT2D eigenvalue weighted by atomic mass is 10.2. The van der Waals surface area contributed by atoms with E-state index in [4.69, 9.17) is 11.6 Å². The molecular weight excluding hydrogens is 390 g/mol. The molecule has 0 amide bonds. The van der Waals surface area contributed by atoms with Gasteiger partial charge < -0.3 is 10.1 Å². The van der Waals surface area contributed by atoms with Gasteiger partial charge in [-0.15, -0.1) is 0 Å². The molecule has 0 spiro atoms. The molecule has 0 aliphatic rings. The Balaban J connectivity index is 1.96. The molecule has 2 aromatic rings. The molecule has 0 aliphatic heterocycles. The third-order valence-corrected chi connectivity index (χ3v) is 4.37. The molecule has 0 bridgehead atoms. The molecule has 1 aromatic heterocycles. The average Bonchev–Trinajstić information content (AvgIpc) is 2.52. The van der Waals surface area contributed by atoms with E-state index in [1.165, 1.54) is 18.9 Å². The number of thioether (sulfide) groups is 1. The number of carbonyl (C=O) groups is 1. The second-order valence-corrected chi connectivity index (χ2v) is 6.52. The fraction of sp³-hybridized carbons (Fsp3) is 0.214. The van der Waals surface area contributed by atoms with Gasteiger partial charge in [-0.25, -0.2) is 4.98 Å². The molecule has 0 radical (unpaired) electrons. The van der Waals surface area contributed by atoms with E-state index in [2.05, 4.69) is 36.0 Å². The minimum Gasteiger partial charge on any atom is -0.468 e. The Morgan fingerprint density at radius 2 is 2.27 bits per heavy atom. The molecule has 1 heterocycles. The van der Waals surface area contributed by atoms with Gasteiger partial charge in [0.1, 0.15) is 10.8 Å². The van der Waals surface area contributed by atoms with Gasteiger partial charge in [0.15, 0.2) is 0 Å². The van der Waals surface area contributed by atoms with Crippen LogP contribution in [0.25, 0.3) is 0 Å². The lowest BCUT2D eigenvalue weighted by Gasteiger charge is -2.08. The van der Waals surface area contributed by atoms with Crippen LogP contribution in [-0.2, 0) is 16.1 Å². The SMILES string of the molecule is COC(=O)CSc1cncc(NCc2ccc(Br)cc2Cl)n1. The normalized spacial score (nSPS) is 10.3. The minimum atomic E-state index is -0.299. The van der Waals surface area contributed by atoms with E-state index in [0.29, 0.717) is 22.4 Å². The Morgan fingerprint density at radius 3 is 3.00 bits per heavy atom. The number of hydrogen-bond donors (Lipinski definition) is 1. The molecule has 1 N–H and O–H groups in total. The van der Waals surface area contributed by atoms with Crippen LogP contribution in [0.15, 0.2) is 40.1 Å². The van der Waals surface area contributed by atoms with Gasteiger partial charge in [0, 0.05) is 16.0 Å². The van der Waals surface area contributed by atoms with Gasteiger partial charge in [0.05, 0.1) is 25.3 Å². The van der Waals surface area contributed by atoms with E-state index < -0.39 is 0 Å². The van der Waals surface area contributed by atoms with Crippen molar-refractivity contribution in [3.63, 3.8) is 0 Å². The molecule has 0 fully saturated rings. The summed E-state index contributed by atoms with van der Waals surface area (Å²) < 4.78 is 5.52. The van der Waals surface area contributed by atoms with Crippen molar-refractivity contribution in [3.8, 4) is 0 Å². The van der Waals surface area contributed by atoms with Crippen LogP contribution in [0.1, 0.15) is 5.56 Å². The molecule has 116 valence electrons. The molecule has 8 heteroatoms. The number of methoxy groups -OCH3 is 1. The Morgan fingerprint density at radius 1 is 1.45 bits per heavy atom. The highest BCUT2D eigenvalue weighted by molar-refractivity contribution is 9.10. The third kappa shape index (κ3) is 5.15. The summed E-state index contributed by atoms with van der Waals surface area (Å²) in [6, 6.07) is 5.70. The number of halogens is 2. The molecule has 1 aromatic carbocycles. The Hall–Kier alpha value is -1.31. The van der Waals surface area contributed by atoms with Crippen molar-refractivity contribution >= 4 is 51.1 Å². The maximum atomic E-state index is 11.1. The van der Waals surface area contributed by atoms with E-state index in [1.54, 1.807) is 12.4 Å². The first-order valence-corrected chi connectivity index (χ1v) is 8.43. The molecule has 0 saturated carbocycles. The Labute approximate surface area is 146 Å². The fourth-order valence-electron chi connectivity index (χ4n) is 1.55. The van der Waals surface area contributed by atoms with Crippen LogP contribution in [-0.4, -0.2) is 28.8 Å². The summed E-state index contributed by atoms with van der Waals surface area (Å²) in [5.74, 6) is 0.522. The second kappa shape index (κ2) is 8.36. The van der Waals surface area contributed by atoms with Gasteiger partial charge in [-0.2, -0.15) is 0 Å². The van der Waals surface area contributed by atoms with Crippen molar-refractivity contribution < 1.29 is 9.53 Å². The van der Waals surface area contributed by atoms with Crippen LogP contribution < -0.4 is 5.32 Å². The van der Waals surface area contributed by atoms with E-state index in [9.17, 15) is 4.79 Å². The van der Waals surface area contributed by atoms with E-state index in [0.717, 1.165) is 10.0 Å². The third-order valence-electron chi connectivity index (χ3n) is 2.65. The number of nitrogens with zero attached hydrogens (tertiary/aromatic N) is 2. The van der Waals surface area contributed by atoms with Crippen molar-refractivity contribution in [3.05, 3.63) is 45.7 Å². The maximum Gasteiger partial charge on any atom is 0.316 e. The smallest absolute Gasteiger partial charge is 0.316 e. The first-order valence-electron chi connectivity index (χ1n) is 6.28. The first kappa shape index (κ1) is 17.1. The van der Waals surface area contributed by atoms with Gasteiger partial charge >= 0.3 is 5.97 Å². The molecular formula is C14H13BrClN3O2S. The topological polar surface area (TPSA) is 64.1 Å². The zero-order valence-electron chi connectivity index (χ0n) is 11.7. The van der Waals surface area contributed by atoms with Crippen molar-refractivity contribution in [2.24, 2.45) is 0 Å². The van der Waals surface area contributed by atoms with Crippen LogP contribution in [0, 0.1) is 0 Å². The van der Waals surface area contributed by atoms with Crippen molar-refractivity contribution in [2.45, 2.75) is 11.6 Å². The van der Waals surface area contributed by atoms with Crippen LogP contribution in [0.2, 0.25) is 5.02 Å². The zero-order chi connectivity index (χ0) is 15.9. The summed E-state index contributed by atoms with van der Waals surface area (Å²) in [4.78, 5) is 19.6. The predicted molar refractivity (Wildman–Crippen MR) is 91.3 cm³/mol. The number of rotatable bonds is 6. The van der Waals surface area contributed by atoms with E-state index >= 15 is 0 Å². The van der Waals surface area contributed by atoms with Crippen LogP contribution >= 0.6 is 39.3 Å². The Bertz CT molecular complexity index is 672. The lowest BCUT2D eigenvalue weighted by Crippen LogP contribution is -2.05. The predicted octanol–water partition coefficient (Wildman–Crippen LogP) is 3.77. The van der Waals surface area contributed by atoms with Gasteiger partial charge in [0.2, 0.25) is 0 Å². The molecule has 0 unspecified atom stereocenters. The number of benzene rings is 1. The highest BCUT2D eigenvalue weighted by Crippen LogP contribution is 2.22. The largest absolute Gasteiger partial charge is 0.468 e. The zero-order valence-corrected chi connectivity index (χ0v) is 14.8. The Kier molecular flexibility index (Phi) is 6.48. The molecule has 0 aliphatic carbocycles.